The second-order valence-electron chi connectivity index (χ2n) is 5.28. The Morgan fingerprint density at radius 3 is 2.80 bits per heavy atom. The number of benzene rings is 1. The van der Waals surface area contributed by atoms with Crippen molar-refractivity contribution in [3.63, 3.8) is 0 Å². The lowest BCUT2D eigenvalue weighted by molar-refractivity contribution is -0.139. The van der Waals surface area contributed by atoms with Crippen LogP contribution in [0.1, 0.15) is 25.8 Å². The molecule has 1 atom stereocenters. The SMILES string of the molecule is CCOC(=O)CS[C@H](CC)C(=O)Nc1nnc(-c2cccc(C)c2)s1. The molecule has 0 fully saturated rings. The van der Waals surface area contributed by atoms with Crippen LogP contribution in [0.15, 0.2) is 24.3 Å². The van der Waals surface area contributed by atoms with Crippen molar-refractivity contribution in [2.45, 2.75) is 32.4 Å². The number of esters is 1. The smallest absolute Gasteiger partial charge is 0.315 e. The maximum absolute atomic E-state index is 12.4. The molecule has 0 aliphatic rings. The van der Waals surface area contributed by atoms with E-state index < -0.39 is 0 Å². The summed E-state index contributed by atoms with van der Waals surface area (Å²) in [5.41, 5.74) is 2.11. The molecule has 0 saturated carbocycles. The van der Waals surface area contributed by atoms with Gasteiger partial charge in [0.2, 0.25) is 11.0 Å². The first-order valence-electron chi connectivity index (χ1n) is 8.02. The lowest BCUT2D eigenvalue weighted by Gasteiger charge is -2.12. The van der Waals surface area contributed by atoms with Crippen LogP contribution in [-0.2, 0) is 14.3 Å². The zero-order valence-electron chi connectivity index (χ0n) is 14.4. The quantitative estimate of drug-likeness (QED) is 0.707. The number of nitrogens with one attached hydrogen (secondary N) is 1. The number of aromatic nitrogens is 2. The first kappa shape index (κ1) is 19.4. The van der Waals surface area contributed by atoms with E-state index in [1.54, 1.807) is 6.92 Å². The molecule has 2 aromatic rings. The van der Waals surface area contributed by atoms with Gasteiger partial charge < -0.3 is 4.74 Å². The standard InChI is InChI=1S/C17H21N3O3S2/c1-4-13(24-10-14(21)23-5-2)15(22)18-17-20-19-16(25-17)12-8-6-7-11(3)9-12/h6-9,13H,4-5,10H2,1-3H3,(H,18,20,22)/t13-/m1/s1. The van der Waals surface area contributed by atoms with Crippen LogP contribution in [0.5, 0.6) is 0 Å². The fourth-order valence-electron chi connectivity index (χ4n) is 2.10. The molecule has 1 aromatic carbocycles. The normalized spacial score (nSPS) is 11.8. The van der Waals surface area contributed by atoms with Crippen molar-refractivity contribution < 1.29 is 14.3 Å². The Hall–Kier alpha value is -1.93. The second-order valence-corrected chi connectivity index (χ2v) is 7.45. The summed E-state index contributed by atoms with van der Waals surface area (Å²) >= 11 is 2.60. The minimum atomic E-state index is -0.337. The Bertz CT molecular complexity index is 733. The van der Waals surface area contributed by atoms with E-state index in [1.807, 2.05) is 38.1 Å². The Balaban J connectivity index is 1.96. The van der Waals surface area contributed by atoms with Gasteiger partial charge in [-0.1, -0.05) is 42.0 Å². The van der Waals surface area contributed by atoms with Crippen LogP contribution in [0.4, 0.5) is 5.13 Å². The van der Waals surface area contributed by atoms with Crippen molar-refractivity contribution in [3.8, 4) is 10.6 Å². The van der Waals surface area contributed by atoms with Crippen LogP contribution in [0.3, 0.4) is 0 Å². The summed E-state index contributed by atoms with van der Waals surface area (Å²) in [6, 6.07) is 7.96. The van der Waals surface area contributed by atoms with Crippen LogP contribution in [-0.4, -0.2) is 39.7 Å². The molecule has 6 nitrogen and oxygen atoms in total. The fourth-order valence-corrected chi connectivity index (χ4v) is 3.71. The van der Waals surface area contributed by atoms with Crippen molar-refractivity contribution in [2.75, 3.05) is 17.7 Å². The van der Waals surface area contributed by atoms with Gasteiger partial charge in [0.05, 0.1) is 17.6 Å². The third-order valence-corrected chi connectivity index (χ3v) is 5.53. The Kier molecular flexibility index (Phi) is 7.39. The monoisotopic (exact) mass is 379 g/mol. The topological polar surface area (TPSA) is 81.2 Å². The number of rotatable bonds is 8. The highest BCUT2D eigenvalue weighted by Gasteiger charge is 2.20. The number of nitrogens with zero attached hydrogens (tertiary/aromatic N) is 2. The van der Waals surface area contributed by atoms with E-state index in [1.165, 1.54) is 23.1 Å². The van der Waals surface area contributed by atoms with Gasteiger partial charge >= 0.3 is 5.97 Å². The van der Waals surface area contributed by atoms with Gasteiger partial charge in [-0.05, 0) is 26.3 Å². The van der Waals surface area contributed by atoms with Crippen LogP contribution in [0.2, 0.25) is 0 Å². The van der Waals surface area contributed by atoms with Crippen molar-refractivity contribution in [2.24, 2.45) is 0 Å². The first-order chi connectivity index (χ1) is 12.0. The Morgan fingerprint density at radius 1 is 1.32 bits per heavy atom. The van der Waals surface area contributed by atoms with Gasteiger partial charge in [0, 0.05) is 5.56 Å². The fraction of sp³-hybridized carbons (Fsp3) is 0.412. The lowest BCUT2D eigenvalue weighted by Crippen LogP contribution is -2.26. The lowest BCUT2D eigenvalue weighted by atomic mass is 10.1. The molecule has 1 aromatic heterocycles. The molecule has 0 saturated heterocycles. The minimum absolute atomic E-state index is 0.157. The highest BCUT2D eigenvalue weighted by Crippen LogP contribution is 2.27. The first-order valence-corrected chi connectivity index (χ1v) is 9.88. The zero-order chi connectivity index (χ0) is 18.2. The highest BCUT2D eigenvalue weighted by atomic mass is 32.2. The predicted octanol–water partition coefficient (Wildman–Crippen LogP) is 3.53. The molecular formula is C17H21N3O3S2. The van der Waals surface area contributed by atoms with Crippen LogP contribution >= 0.6 is 23.1 Å². The third kappa shape index (κ3) is 5.82. The molecule has 25 heavy (non-hydrogen) atoms. The molecule has 8 heteroatoms. The van der Waals surface area contributed by atoms with E-state index in [4.69, 9.17) is 4.74 Å². The molecule has 0 aliphatic carbocycles. The summed E-state index contributed by atoms with van der Waals surface area (Å²) in [4.78, 5) is 23.8. The van der Waals surface area contributed by atoms with Crippen molar-refractivity contribution in [1.29, 1.82) is 0 Å². The number of thioether (sulfide) groups is 1. The van der Waals surface area contributed by atoms with Crippen LogP contribution < -0.4 is 5.32 Å². The van der Waals surface area contributed by atoms with Gasteiger partial charge in [0.25, 0.3) is 0 Å². The predicted molar refractivity (Wildman–Crippen MR) is 102 cm³/mol. The number of ether oxygens (including phenoxy) is 1. The molecule has 1 amide bonds. The van der Waals surface area contributed by atoms with E-state index in [0.717, 1.165) is 16.1 Å². The van der Waals surface area contributed by atoms with Gasteiger partial charge in [0.1, 0.15) is 5.01 Å². The summed E-state index contributed by atoms with van der Waals surface area (Å²) in [7, 11) is 0. The molecule has 0 spiro atoms. The van der Waals surface area contributed by atoms with Crippen molar-refractivity contribution in [3.05, 3.63) is 29.8 Å². The van der Waals surface area contributed by atoms with Gasteiger partial charge in [0.15, 0.2) is 0 Å². The van der Waals surface area contributed by atoms with E-state index in [9.17, 15) is 9.59 Å². The molecule has 1 N–H and O–H groups in total. The van der Waals surface area contributed by atoms with Crippen LogP contribution in [0.25, 0.3) is 10.6 Å². The summed E-state index contributed by atoms with van der Waals surface area (Å²) in [5, 5.41) is 11.8. The van der Waals surface area contributed by atoms with Gasteiger partial charge in [-0.15, -0.1) is 22.0 Å². The summed E-state index contributed by atoms with van der Waals surface area (Å²) in [6.07, 6.45) is 0.611. The highest BCUT2D eigenvalue weighted by molar-refractivity contribution is 8.01. The van der Waals surface area contributed by atoms with Gasteiger partial charge in [-0.2, -0.15) is 0 Å². The number of anilines is 1. The molecule has 0 unspecified atom stereocenters. The zero-order valence-corrected chi connectivity index (χ0v) is 16.1. The second kappa shape index (κ2) is 9.53. The number of carbonyl (C=O) groups is 2. The van der Waals surface area contributed by atoms with Crippen molar-refractivity contribution in [1.82, 2.24) is 10.2 Å². The molecule has 1 heterocycles. The van der Waals surface area contributed by atoms with Gasteiger partial charge in [-0.3, -0.25) is 14.9 Å². The van der Waals surface area contributed by atoms with Gasteiger partial charge in [-0.25, -0.2) is 0 Å². The minimum Gasteiger partial charge on any atom is -0.465 e. The number of aryl methyl sites for hydroxylation is 1. The molecule has 0 aliphatic heterocycles. The Morgan fingerprint density at radius 2 is 2.12 bits per heavy atom. The molecular weight excluding hydrogens is 358 g/mol. The van der Waals surface area contributed by atoms with Crippen molar-refractivity contribution >= 4 is 40.1 Å². The summed E-state index contributed by atoms with van der Waals surface area (Å²) < 4.78 is 4.88. The average Bonchev–Trinajstić information content (AvgIpc) is 3.04. The van der Waals surface area contributed by atoms with Crippen LogP contribution in [0, 0.1) is 6.92 Å². The Labute approximate surface area is 155 Å². The maximum atomic E-state index is 12.4. The summed E-state index contributed by atoms with van der Waals surface area (Å²) in [5.74, 6) is -0.329. The number of hydrogen-bond acceptors (Lipinski definition) is 7. The van der Waals surface area contributed by atoms with E-state index in [2.05, 4.69) is 15.5 Å². The molecule has 2 rings (SSSR count). The van der Waals surface area contributed by atoms with E-state index in [-0.39, 0.29) is 22.9 Å². The van der Waals surface area contributed by atoms with E-state index in [0.29, 0.717) is 18.2 Å². The number of hydrogen-bond donors (Lipinski definition) is 1. The number of carbonyl (C=O) groups excluding carboxylic acids is 2. The largest absolute Gasteiger partial charge is 0.465 e. The molecule has 134 valence electrons. The molecule has 0 radical (unpaired) electrons. The average molecular weight is 380 g/mol. The van der Waals surface area contributed by atoms with E-state index >= 15 is 0 Å². The number of amides is 1. The third-order valence-electron chi connectivity index (χ3n) is 3.29. The maximum Gasteiger partial charge on any atom is 0.315 e. The molecule has 0 bridgehead atoms. The summed E-state index contributed by atoms with van der Waals surface area (Å²) in [6.45, 7) is 6.02.